The number of carbonyl (C=O) groups is 1. The van der Waals surface area contributed by atoms with E-state index in [4.69, 9.17) is 20.0 Å². The average Bonchev–Trinajstić information content (AvgIpc) is 1.62. The van der Waals surface area contributed by atoms with Gasteiger partial charge in [-0.3, -0.25) is 4.57 Å². The molecule has 7 heteroatoms. The fourth-order valence-corrected chi connectivity index (χ4v) is 0.374. The Hall–Kier alpha value is -0.420. The first kappa shape index (κ1) is 9.58. The average molecular weight is 170 g/mol. The van der Waals surface area contributed by atoms with E-state index in [1.807, 2.05) is 0 Å². The minimum atomic E-state index is -4.97. The van der Waals surface area contributed by atoms with Gasteiger partial charge in [0.05, 0.1) is 0 Å². The van der Waals surface area contributed by atoms with Crippen LogP contribution < -0.4 is 0 Å². The molecule has 0 spiro atoms. The predicted octanol–water partition coefficient (Wildman–Crippen LogP) is -1.04. The number of aliphatic hydroxyl groups is 1. The smallest absolute Gasteiger partial charge is 0.368 e. The van der Waals surface area contributed by atoms with E-state index in [1.165, 1.54) is 0 Å². The molecule has 0 bridgehead atoms. The normalized spacial score (nSPS) is 18.0. The van der Waals surface area contributed by atoms with E-state index < -0.39 is 18.9 Å². The first-order valence-corrected chi connectivity index (χ1v) is 3.82. The highest BCUT2D eigenvalue weighted by Crippen LogP contribution is 2.48. The van der Waals surface area contributed by atoms with Gasteiger partial charge in [-0.1, -0.05) is 0 Å². The SMILES string of the molecule is CC(O)(C(=O)O)P(=O)(O)O. The molecule has 0 heterocycles. The van der Waals surface area contributed by atoms with Crippen molar-refractivity contribution < 1.29 is 29.4 Å². The number of carboxylic acid groups (broad SMARTS) is 1. The third kappa shape index (κ3) is 1.54. The van der Waals surface area contributed by atoms with Gasteiger partial charge in [-0.05, 0) is 6.92 Å². The first-order valence-electron chi connectivity index (χ1n) is 2.21. The summed E-state index contributed by atoms with van der Waals surface area (Å²) in [6.07, 6.45) is 0. The van der Waals surface area contributed by atoms with E-state index in [-0.39, 0.29) is 0 Å². The first-order chi connectivity index (χ1) is 4.19. The highest BCUT2D eigenvalue weighted by molar-refractivity contribution is 7.54. The van der Waals surface area contributed by atoms with Crippen LogP contribution in [0.4, 0.5) is 0 Å². The number of hydrogen-bond donors (Lipinski definition) is 4. The Kier molecular flexibility index (Phi) is 2.22. The monoisotopic (exact) mass is 170 g/mol. The van der Waals surface area contributed by atoms with Crippen molar-refractivity contribution in [3.63, 3.8) is 0 Å². The van der Waals surface area contributed by atoms with Crippen LogP contribution in [0.15, 0.2) is 0 Å². The molecule has 0 radical (unpaired) electrons. The zero-order valence-corrected chi connectivity index (χ0v) is 5.95. The minimum Gasteiger partial charge on any atom is -0.479 e. The van der Waals surface area contributed by atoms with Gasteiger partial charge < -0.3 is 20.0 Å². The van der Waals surface area contributed by atoms with Crippen molar-refractivity contribution in [2.75, 3.05) is 0 Å². The van der Waals surface area contributed by atoms with Crippen LogP contribution in [0.5, 0.6) is 0 Å². The van der Waals surface area contributed by atoms with Crippen LogP contribution in [0.1, 0.15) is 6.92 Å². The second-order valence-electron chi connectivity index (χ2n) is 1.87. The van der Waals surface area contributed by atoms with Crippen molar-refractivity contribution in [2.24, 2.45) is 0 Å². The second-order valence-corrected chi connectivity index (χ2v) is 3.83. The summed E-state index contributed by atoms with van der Waals surface area (Å²) in [7, 11) is -4.97. The number of carboxylic acids is 1. The summed E-state index contributed by atoms with van der Waals surface area (Å²) in [6, 6.07) is 0. The van der Waals surface area contributed by atoms with Crippen LogP contribution in [-0.4, -0.2) is 31.3 Å². The Morgan fingerprint density at radius 2 is 1.80 bits per heavy atom. The maximum Gasteiger partial charge on any atom is 0.368 e. The molecule has 0 aromatic carbocycles. The van der Waals surface area contributed by atoms with Gasteiger partial charge in [-0.15, -0.1) is 0 Å². The van der Waals surface area contributed by atoms with E-state index in [0.717, 1.165) is 0 Å². The third-order valence-electron chi connectivity index (χ3n) is 0.972. The van der Waals surface area contributed by atoms with Gasteiger partial charge >= 0.3 is 13.6 Å². The van der Waals surface area contributed by atoms with Crippen LogP contribution in [-0.2, 0) is 9.36 Å². The molecule has 0 aliphatic heterocycles. The molecule has 0 saturated heterocycles. The Morgan fingerprint density at radius 3 is 1.80 bits per heavy atom. The number of hydrogen-bond acceptors (Lipinski definition) is 3. The van der Waals surface area contributed by atoms with Gasteiger partial charge in [0.25, 0.3) is 5.34 Å². The fraction of sp³-hybridized carbons (Fsp3) is 0.667. The highest BCUT2D eigenvalue weighted by Gasteiger charge is 2.47. The van der Waals surface area contributed by atoms with Crippen molar-refractivity contribution in [1.82, 2.24) is 0 Å². The quantitative estimate of drug-likeness (QED) is 0.393. The molecule has 10 heavy (non-hydrogen) atoms. The Balaban J connectivity index is 4.75. The predicted molar refractivity (Wildman–Crippen MR) is 30.3 cm³/mol. The van der Waals surface area contributed by atoms with Gasteiger partial charge in [0, 0.05) is 0 Å². The lowest BCUT2D eigenvalue weighted by atomic mass is 10.4. The Labute approximate surface area is 56.3 Å². The summed E-state index contributed by atoms with van der Waals surface area (Å²) in [6.45, 7) is 0.538. The molecule has 0 rings (SSSR count). The summed E-state index contributed by atoms with van der Waals surface area (Å²) < 4.78 is 10.2. The summed E-state index contributed by atoms with van der Waals surface area (Å²) >= 11 is 0. The molecule has 1 unspecified atom stereocenters. The fourth-order valence-electron chi connectivity index (χ4n) is 0.125. The molecule has 0 aliphatic rings. The molecule has 60 valence electrons. The summed E-state index contributed by atoms with van der Waals surface area (Å²) in [5, 5.41) is 13.6. The topological polar surface area (TPSA) is 115 Å². The Bertz CT molecular complexity index is 189. The van der Waals surface area contributed by atoms with Crippen molar-refractivity contribution in [3.05, 3.63) is 0 Å². The molecule has 0 aromatic rings. The largest absolute Gasteiger partial charge is 0.479 e. The van der Waals surface area contributed by atoms with Crippen molar-refractivity contribution >= 4 is 13.6 Å². The number of aliphatic carboxylic acids is 1. The van der Waals surface area contributed by atoms with Gasteiger partial charge in [0.15, 0.2) is 0 Å². The molecule has 0 saturated carbocycles. The highest BCUT2D eigenvalue weighted by atomic mass is 31.2. The molecule has 0 aromatic heterocycles. The van der Waals surface area contributed by atoms with Crippen LogP contribution in [0.2, 0.25) is 0 Å². The molecular formula is C3H7O6P. The summed E-state index contributed by atoms with van der Waals surface area (Å²) in [5.74, 6) is -1.94. The van der Waals surface area contributed by atoms with Crippen LogP contribution >= 0.6 is 7.60 Å². The van der Waals surface area contributed by atoms with Gasteiger partial charge in [0.2, 0.25) is 0 Å². The second kappa shape index (κ2) is 2.32. The van der Waals surface area contributed by atoms with E-state index in [2.05, 4.69) is 0 Å². The standard InChI is InChI=1S/C3H7O6P/c1-3(6,2(4)5)10(7,8)9/h6H,1H3,(H,4,5)(H2,7,8,9). The lowest BCUT2D eigenvalue weighted by molar-refractivity contribution is -0.150. The third-order valence-corrected chi connectivity index (χ3v) is 2.30. The van der Waals surface area contributed by atoms with Crippen molar-refractivity contribution in [2.45, 2.75) is 12.3 Å². The maximum atomic E-state index is 10.2. The molecule has 0 amide bonds. The molecular weight excluding hydrogens is 163 g/mol. The molecule has 0 aliphatic carbocycles. The molecule has 4 N–H and O–H groups in total. The lowest BCUT2D eigenvalue weighted by Crippen LogP contribution is -2.34. The molecule has 6 nitrogen and oxygen atoms in total. The van der Waals surface area contributed by atoms with Crippen molar-refractivity contribution in [3.8, 4) is 0 Å². The van der Waals surface area contributed by atoms with Gasteiger partial charge in [-0.2, -0.15) is 0 Å². The summed E-state index contributed by atoms with van der Waals surface area (Å²) in [4.78, 5) is 26.3. The Morgan fingerprint density at radius 1 is 1.50 bits per heavy atom. The maximum absolute atomic E-state index is 10.2. The van der Waals surface area contributed by atoms with Gasteiger partial charge in [0.1, 0.15) is 0 Å². The van der Waals surface area contributed by atoms with Crippen LogP contribution in [0.3, 0.4) is 0 Å². The minimum absolute atomic E-state index is 0.538. The van der Waals surface area contributed by atoms with Crippen LogP contribution in [0, 0.1) is 0 Å². The summed E-state index contributed by atoms with van der Waals surface area (Å²) in [5.41, 5.74) is 0. The van der Waals surface area contributed by atoms with E-state index in [1.54, 1.807) is 0 Å². The van der Waals surface area contributed by atoms with E-state index in [9.17, 15) is 9.36 Å². The zero-order chi connectivity index (χ0) is 8.58. The van der Waals surface area contributed by atoms with Crippen LogP contribution in [0.25, 0.3) is 0 Å². The molecule has 0 fully saturated rings. The van der Waals surface area contributed by atoms with E-state index in [0.29, 0.717) is 6.92 Å². The lowest BCUT2D eigenvalue weighted by Gasteiger charge is -2.18. The van der Waals surface area contributed by atoms with Crippen molar-refractivity contribution in [1.29, 1.82) is 0 Å². The van der Waals surface area contributed by atoms with Gasteiger partial charge in [-0.25, -0.2) is 4.79 Å². The zero-order valence-electron chi connectivity index (χ0n) is 5.05. The molecule has 1 atom stereocenters. The van der Waals surface area contributed by atoms with E-state index >= 15 is 0 Å². The number of rotatable bonds is 2.